The van der Waals surface area contributed by atoms with E-state index in [9.17, 15) is 4.79 Å². The van der Waals surface area contributed by atoms with Gasteiger partial charge in [0.1, 0.15) is 23.8 Å². The van der Waals surface area contributed by atoms with E-state index >= 15 is 0 Å². The van der Waals surface area contributed by atoms with Gasteiger partial charge in [-0.1, -0.05) is 12.1 Å². The summed E-state index contributed by atoms with van der Waals surface area (Å²) < 4.78 is 17.2. The number of nitrogens with zero attached hydrogens (tertiary/aromatic N) is 1. The van der Waals surface area contributed by atoms with Gasteiger partial charge in [0.05, 0.1) is 12.7 Å². The van der Waals surface area contributed by atoms with Crippen molar-refractivity contribution in [2.24, 2.45) is 0 Å². The first-order valence-electron chi connectivity index (χ1n) is 11.5. The van der Waals surface area contributed by atoms with Crippen molar-refractivity contribution in [3.8, 4) is 22.6 Å². The molecule has 2 aromatic carbocycles. The maximum atomic E-state index is 12.6. The zero-order valence-electron chi connectivity index (χ0n) is 20.0. The van der Waals surface area contributed by atoms with Crippen molar-refractivity contribution in [1.29, 1.82) is 0 Å². The highest BCUT2D eigenvalue weighted by Gasteiger charge is 2.41. The van der Waals surface area contributed by atoms with Crippen LogP contribution >= 0.6 is 0 Å². The quantitative estimate of drug-likeness (QED) is 0.573. The monoisotopic (exact) mass is 448 g/mol. The first-order chi connectivity index (χ1) is 15.6. The van der Waals surface area contributed by atoms with Crippen LogP contribution in [0.3, 0.4) is 0 Å². The smallest absolute Gasteiger partial charge is 0.336 e. The molecule has 2 aliphatic rings. The number of ether oxygens (including phenoxy) is 2. The van der Waals surface area contributed by atoms with Gasteiger partial charge in [0.15, 0.2) is 0 Å². The number of hydrogen-bond acceptors (Lipinski definition) is 6. The maximum Gasteiger partial charge on any atom is 0.336 e. The Labute approximate surface area is 194 Å². The molecule has 3 heterocycles. The molecule has 2 aliphatic heterocycles. The fraction of sp³-hybridized carbons (Fsp3) is 0.444. The second kappa shape index (κ2) is 7.89. The van der Waals surface area contributed by atoms with Gasteiger partial charge in [0, 0.05) is 35.1 Å². The van der Waals surface area contributed by atoms with Crippen molar-refractivity contribution in [2.45, 2.75) is 64.2 Å². The van der Waals surface area contributed by atoms with Crippen LogP contribution in [0.5, 0.6) is 11.5 Å². The highest BCUT2D eigenvalue weighted by Crippen LogP contribution is 2.39. The van der Waals surface area contributed by atoms with Crippen molar-refractivity contribution in [1.82, 2.24) is 10.2 Å². The molecule has 1 aromatic heterocycles. The van der Waals surface area contributed by atoms with E-state index in [0.29, 0.717) is 24.9 Å². The van der Waals surface area contributed by atoms with Gasteiger partial charge in [-0.2, -0.15) is 0 Å². The summed E-state index contributed by atoms with van der Waals surface area (Å²) in [4.78, 5) is 15.0. The van der Waals surface area contributed by atoms with Crippen LogP contribution in [0.25, 0.3) is 22.1 Å². The molecule has 0 unspecified atom stereocenters. The predicted octanol–water partition coefficient (Wildman–Crippen LogP) is 4.93. The Morgan fingerprint density at radius 2 is 1.73 bits per heavy atom. The Morgan fingerprint density at radius 1 is 1.03 bits per heavy atom. The predicted molar refractivity (Wildman–Crippen MR) is 130 cm³/mol. The summed E-state index contributed by atoms with van der Waals surface area (Å²) in [5, 5.41) is 4.67. The molecule has 0 saturated carbocycles. The molecule has 5 rings (SSSR count). The normalized spacial score (nSPS) is 20.3. The van der Waals surface area contributed by atoms with Crippen LogP contribution in [-0.2, 0) is 6.54 Å². The molecule has 174 valence electrons. The highest BCUT2D eigenvalue weighted by molar-refractivity contribution is 5.95. The molecule has 33 heavy (non-hydrogen) atoms. The second-order valence-electron chi connectivity index (χ2n) is 10.6. The van der Waals surface area contributed by atoms with E-state index < -0.39 is 0 Å². The number of hydrogen-bond donors (Lipinski definition) is 1. The number of nitrogens with one attached hydrogen (secondary N) is 1. The Balaban J connectivity index is 1.55. The Morgan fingerprint density at radius 3 is 2.39 bits per heavy atom. The number of piperidine rings is 1. The lowest BCUT2D eigenvalue weighted by Gasteiger charge is -2.50. The van der Waals surface area contributed by atoms with Gasteiger partial charge in [0.25, 0.3) is 0 Å². The lowest BCUT2D eigenvalue weighted by atomic mass is 9.79. The fourth-order valence-electron chi connectivity index (χ4n) is 5.72. The molecule has 1 saturated heterocycles. The molecule has 0 amide bonds. The Hall–Kier alpha value is -2.83. The standard InChI is InChI=1S/C27H32N2O4/c1-26(2)13-18(14-27(3,4)28-26)29-15-22-23(32-16-29)11-10-20-21(12-24(30)33-25(20)22)17-6-8-19(31-5)9-7-17/h6-12,18,28H,13-16H2,1-5H3. The minimum atomic E-state index is -0.358. The topological polar surface area (TPSA) is 63.9 Å². The first-order valence-corrected chi connectivity index (χ1v) is 11.5. The van der Waals surface area contributed by atoms with Crippen molar-refractivity contribution >= 4 is 11.0 Å². The summed E-state index contributed by atoms with van der Waals surface area (Å²) in [6.07, 6.45) is 2.06. The van der Waals surface area contributed by atoms with Crippen molar-refractivity contribution < 1.29 is 13.9 Å². The van der Waals surface area contributed by atoms with Crippen LogP contribution < -0.4 is 20.4 Å². The summed E-state index contributed by atoms with van der Waals surface area (Å²) in [5.74, 6) is 1.57. The molecule has 6 heteroatoms. The Bertz CT molecular complexity index is 1230. The molecular weight excluding hydrogens is 416 g/mol. The van der Waals surface area contributed by atoms with Crippen molar-refractivity contribution in [2.75, 3.05) is 13.8 Å². The lowest BCUT2D eigenvalue weighted by Crippen LogP contribution is -2.62. The van der Waals surface area contributed by atoms with E-state index in [1.54, 1.807) is 13.2 Å². The fourth-order valence-corrected chi connectivity index (χ4v) is 5.72. The van der Waals surface area contributed by atoms with Crippen LogP contribution in [0.4, 0.5) is 0 Å². The summed E-state index contributed by atoms with van der Waals surface area (Å²) in [6.45, 7) is 10.3. The van der Waals surface area contributed by atoms with Crippen molar-refractivity contribution in [3.05, 3.63) is 58.4 Å². The lowest BCUT2D eigenvalue weighted by molar-refractivity contribution is 0.00316. The summed E-state index contributed by atoms with van der Waals surface area (Å²) in [6, 6.07) is 13.7. The third-order valence-electron chi connectivity index (χ3n) is 6.81. The third kappa shape index (κ3) is 4.25. The molecular formula is C27H32N2O4. The zero-order chi connectivity index (χ0) is 23.4. The summed E-state index contributed by atoms with van der Waals surface area (Å²) in [7, 11) is 1.64. The number of fused-ring (bicyclic) bond motifs is 3. The number of benzene rings is 2. The zero-order valence-corrected chi connectivity index (χ0v) is 20.0. The third-order valence-corrected chi connectivity index (χ3v) is 6.81. The largest absolute Gasteiger partial charge is 0.497 e. The highest BCUT2D eigenvalue weighted by atomic mass is 16.5. The van der Waals surface area contributed by atoms with E-state index in [-0.39, 0.29) is 16.7 Å². The average Bonchev–Trinajstić information content (AvgIpc) is 2.76. The van der Waals surface area contributed by atoms with E-state index in [0.717, 1.165) is 46.4 Å². The van der Waals surface area contributed by atoms with E-state index in [1.807, 2.05) is 36.4 Å². The second-order valence-corrected chi connectivity index (χ2v) is 10.6. The maximum absolute atomic E-state index is 12.6. The van der Waals surface area contributed by atoms with E-state index in [4.69, 9.17) is 13.9 Å². The SMILES string of the molecule is COc1ccc(-c2cc(=O)oc3c4c(ccc23)OCN(C2CC(C)(C)NC(C)(C)C2)C4)cc1. The van der Waals surface area contributed by atoms with Crippen LogP contribution in [0.15, 0.2) is 51.7 Å². The van der Waals surface area contributed by atoms with Gasteiger partial charge in [-0.05, 0) is 75.9 Å². The van der Waals surface area contributed by atoms with Gasteiger partial charge in [0.2, 0.25) is 0 Å². The average molecular weight is 449 g/mol. The van der Waals surface area contributed by atoms with Gasteiger partial charge < -0.3 is 19.2 Å². The summed E-state index contributed by atoms with van der Waals surface area (Å²) in [5.41, 5.74) is 3.09. The van der Waals surface area contributed by atoms with Gasteiger partial charge in [-0.25, -0.2) is 4.79 Å². The molecule has 1 fully saturated rings. The number of rotatable bonds is 3. The van der Waals surface area contributed by atoms with Gasteiger partial charge >= 0.3 is 5.63 Å². The molecule has 1 N–H and O–H groups in total. The van der Waals surface area contributed by atoms with Crippen LogP contribution in [-0.4, -0.2) is 35.9 Å². The van der Waals surface area contributed by atoms with Crippen LogP contribution in [0, 0.1) is 0 Å². The van der Waals surface area contributed by atoms with E-state index in [1.165, 1.54) is 0 Å². The minimum absolute atomic E-state index is 0.0412. The minimum Gasteiger partial charge on any atom is -0.497 e. The van der Waals surface area contributed by atoms with Crippen molar-refractivity contribution in [3.63, 3.8) is 0 Å². The number of methoxy groups -OCH3 is 1. The molecule has 0 spiro atoms. The first kappa shape index (κ1) is 22.0. The molecule has 6 nitrogen and oxygen atoms in total. The molecule has 0 atom stereocenters. The van der Waals surface area contributed by atoms with Crippen LogP contribution in [0.1, 0.15) is 46.1 Å². The van der Waals surface area contributed by atoms with Crippen LogP contribution in [0.2, 0.25) is 0 Å². The molecule has 3 aromatic rings. The Kier molecular flexibility index (Phi) is 5.26. The molecule has 0 bridgehead atoms. The van der Waals surface area contributed by atoms with Gasteiger partial charge in [-0.15, -0.1) is 0 Å². The van der Waals surface area contributed by atoms with Gasteiger partial charge in [-0.3, -0.25) is 4.90 Å². The summed E-state index contributed by atoms with van der Waals surface area (Å²) >= 11 is 0. The molecule has 0 aliphatic carbocycles. The van der Waals surface area contributed by atoms with E-state index in [2.05, 4.69) is 37.9 Å². The molecule has 0 radical (unpaired) electrons.